The van der Waals surface area contributed by atoms with Gasteiger partial charge in [-0.25, -0.2) is 4.98 Å². The highest BCUT2D eigenvalue weighted by Gasteiger charge is 2.29. The Morgan fingerprint density at radius 1 is 1.53 bits per heavy atom. The molecule has 0 aromatic carbocycles. The van der Waals surface area contributed by atoms with Gasteiger partial charge in [-0.05, 0) is 40.5 Å². The maximum atomic E-state index is 12.3. The van der Waals surface area contributed by atoms with Crippen LogP contribution in [0.1, 0.15) is 46.6 Å². The molecule has 1 aromatic heterocycles. The summed E-state index contributed by atoms with van der Waals surface area (Å²) < 4.78 is 7.38. The van der Waals surface area contributed by atoms with E-state index in [1.54, 1.807) is 17.0 Å². The maximum Gasteiger partial charge on any atom is 0.293 e. The van der Waals surface area contributed by atoms with E-state index in [0.717, 1.165) is 19.4 Å². The monoisotopic (exact) mass is 265 g/mol. The van der Waals surface area contributed by atoms with Gasteiger partial charge in [0.25, 0.3) is 5.56 Å². The van der Waals surface area contributed by atoms with Crippen LogP contribution in [0.25, 0.3) is 0 Å². The Bertz CT molecular complexity index is 494. The molecule has 0 radical (unpaired) electrons. The zero-order valence-electron chi connectivity index (χ0n) is 12.1. The Balaban J connectivity index is 2.15. The van der Waals surface area contributed by atoms with Crippen molar-refractivity contribution in [3.8, 4) is 0 Å². The zero-order valence-corrected chi connectivity index (χ0v) is 12.1. The first-order chi connectivity index (χ1) is 8.89. The summed E-state index contributed by atoms with van der Waals surface area (Å²) in [5.41, 5.74) is -0.191. The summed E-state index contributed by atoms with van der Waals surface area (Å²) in [6, 6.07) is 0.383. The second kappa shape index (κ2) is 5.33. The van der Waals surface area contributed by atoms with Crippen LogP contribution >= 0.6 is 0 Å². The molecule has 1 saturated heterocycles. The lowest BCUT2D eigenvalue weighted by molar-refractivity contribution is -0.0553. The highest BCUT2D eigenvalue weighted by molar-refractivity contribution is 5.32. The van der Waals surface area contributed by atoms with Crippen LogP contribution in [0, 0.1) is 0 Å². The molecule has 1 aliphatic heterocycles. The molecule has 2 rings (SSSR count). The highest BCUT2D eigenvalue weighted by atomic mass is 16.5. The van der Waals surface area contributed by atoms with Crippen molar-refractivity contribution >= 4 is 5.82 Å². The lowest BCUT2D eigenvalue weighted by Crippen LogP contribution is -2.41. The summed E-state index contributed by atoms with van der Waals surface area (Å²) in [4.78, 5) is 16.4. The van der Waals surface area contributed by atoms with Gasteiger partial charge in [-0.15, -0.1) is 0 Å². The van der Waals surface area contributed by atoms with E-state index in [1.807, 2.05) is 13.8 Å². The topological polar surface area (TPSA) is 56.1 Å². The van der Waals surface area contributed by atoms with Gasteiger partial charge in [0.15, 0.2) is 5.82 Å². The third-order valence-corrected chi connectivity index (χ3v) is 3.46. The van der Waals surface area contributed by atoms with E-state index in [2.05, 4.69) is 24.1 Å². The molecule has 1 aliphatic rings. The fourth-order valence-electron chi connectivity index (χ4n) is 2.48. The van der Waals surface area contributed by atoms with Crippen molar-refractivity contribution in [3.05, 3.63) is 22.7 Å². The summed E-state index contributed by atoms with van der Waals surface area (Å²) >= 11 is 0. The number of nitrogens with one attached hydrogen (secondary N) is 1. The molecule has 0 aliphatic carbocycles. The van der Waals surface area contributed by atoms with E-state index in [0.29, 0.717) is 5.82 Å². The molecule has 1 unspecified atom stereocenters. The van der Waals surface area contributed by atoms with E-state index < -0.39 is 0 Å². The number of hydrogen-bond donors (Lipinski definition) is 1. The Morgan fingerprint density at radius 2 is 2.26 bits per heavy atom. The largest absolute Gasteiger partial charge is 0.375 e. The van der Waals surface area contributed by atoms with E-state index in [1.165, 1.54) is 0 Å². The molecular weight excluding hydrogens is 242 g/mol. The Kier molecular flexibility index (Phi) is 3.94. The van der Waals surface area contributed by atoms with Crippen LogP contribution in [-0.4, -0.2) is 27.8 Å². The van der Waals surface area contributed by atoms with Crippen LogP contribution in [0.5, 0.6) is 0 Å². The van der Waals surface area contributed by atoms with Crippen molar-refractivity contribution in [2.24, 2.45) is 0 Å². The number of hydrogen-bond acceptors (Lipinski definition) is 4. The van der Waals surface area contributed by atoms with Crippen molar-refractivity contribution in [2.75, 3.05) is 11.9 Å². The molecule has 0 amide bonds. The van der Waals surface area contributed by atoms with E-state index >= 15 is 0 Å². The molecule has 0 spiro atoms. The summed E-state index contributed by atoms with van der Waals surface area (Å²) in [6.07, 6.45) is 5.19. The number of aromatic nitrogens is 2. The van der Waals surface area contributed by atoms with Crippen molar-refractivity contribution < 1.29 is 4.74 Å². The van der Waals surface area contributed by atoms with Crippen molar-refractivity contribution in [2.45, 2.75) is 58.2 Å². The Morgan fingerprint density at radius 3 is 2.89 bits per heavy atom. The molecular formula is C14H23N3O2. The smallest absolute Gasteiger partial charge is 0.293 e. The predicted octanol–water partition coefficient (Wildman–Crippen LogP) is 2.19. The SMILES string of the molecule is CC(C)n1ccnc(NC2CCOC(C)(C)C2)c1=O. The maximum absolute atomic E-state index is 12.3. The zero-order chi connectivity index (χ0) is 14.0. The van der Waals surface area contributed by atoms with Crippen LogP contribution in [0.15, 0.2) is 17.2 Å². The minimum Gasteiger partial charge on any atom is -0.375 e. The number of anilines is 1. The molecule has 106 valence electrons. The van der Waals surface area contributed by atoms with Crippen molar-refractivity contribution in [3.63, 3.8) is 0 Å². The number of ether oxygens (including phenoxy) is 1. The highest BCUT2D eigenvalue weighted by Crippen LogP contribution is 2.25. The Labute approximate surface area is 114 Å². The summed E-state index contributed by atoms with van der Waals surface area (Å²) in [7, 11) is 0. The van der Waals surface area contributed by atoms with Crippen LogP contribution in [0.3, 0.4) is 0 Å². The fourth-order valence-corrected chi connectivity index (χ4v) is 2.48. The first-order valence-electron chi connectivity index (χ1n) is 6.87. The Hall–Kier alpha value is -1.36. The van der Waals surface area contributed by atoms with Gasteiger partial charge in [-0.3, -0.25) is 4.79 Å². The predicted molar refractivity (Wildman–Crippen MR) is 75.6 cm³/mol. The molecule has 5 heteroatoms. The minimum atomic E-state index is -0.137. The van der Waals surface area contributed by atoms with Gasteiger partial charge in [0.1, 0.15) is 0 Å². The summed E-state index contributed by atoms with van der Waals surface area (Å²) in [6.45, 7) is 8.85. The normalized spacial score (nSPS) is 22.5. The van der Waals surface area contributed by atoms with Crippen LogP contribution in [0.2, 0.25) is 0 Å². The van der Waals surface area contributed by atoms with Gasteiger partial charge < -0.3 is 14.6 Å². The third-order valence-electron chi connectivity index (χ3n) is 3.46. The van der Waals surface area contributed by atoms with E-state index in [4.69, 9.17) is 4.74 Å². The third kappa shape index (κ3) is 3.35. The number of rotatable bonds is 3. The second-order valence-corrected chi connectivity index (χ2v) is 6.02. The van der Waals surface area contributed by atoms with Crippen LogP contribution in [-0.2, 0) is 4.74 Å². The molecule has 5 nitrogen and oxygen atoms in total. The molecule has 19 heavy (non-hydrogen) atoms. The average molecular weight is 265 g/mol. The molecule has 0 bridgehead atoms. The molecule has 1 N–H and O–H groups in total. The standard InChI is InChI=1S/C14H23N3O2/c1-10(2)17-7-6-15-12(13(17)18)16-11-5-8-19-14(3,4)9-11/h6-7,10-11H,5,8-9H2,1-4H3,(H,15,16). The first kappa shape index (κ1) is 14.1. The number of nitrogens with zero attached hydrogens (tertiary/aromatic N) is 2. The fraction of sp³-hybridized carbons (Fsp3) is 0.714. The minimum absolute atomic E-state index is 0.0539. The van der Waals surface area contributed by atoms with E-state index in [-0.39, 0.29) is 23.2 Å². The van der Waals surface area contributed by atoms with Crippen LogP contribution < -0.4 is 10.9 Å². The van der Waals surface area contributed by atoms with Gasteiger partial charge in [0, 0.05) is 31.1 Å². The van der Waals surface area contributed by atoms with Crippen LogP contribution in [0.4, 0.5) is 5.82 Å². The first-order valence-corrected chi connectivity index (χ1v) is 6.87. The lowest BCUT2D eigenvalue weighted by Gasteiger charge is -2.35. The van der Waals surface area contributed by atoms with Gasteiger partial charge in [-0.2, -0.15) is 0 Å². The molecule has 0 saturated carbocycles. The second-order valence-electron chi connectivity index (χ2n) is 6.02. The van der Waals surface area contributed by atoms with Gasteiger partial charge in [-0.1, -0.05) is 0 Å². The lowest BCUT2D eigenvalue weighted by atomic mass is 9.94. The molecule has 1 atom stereocenters. The van der Waals surface area contributed by atoms with Gasteiger partial charge in [0.05, 0.1) is 5.60 Å². The summed E-state index contributed by atoms with van der Waals surface area (Å²) in [5.74, 6) is 0.443. The summed E-state index contributed by atoms with van der Waals surface area (Å²) in [5, 5.41) is 3.28. The van der Waals surface area contributed by atoms with Crippen molar-refractivity contribution in [1.29, 1.82) is 0 Å². The van der Waals surface area contributed by atoms with Crippen molar-refractivity contribution in [1.82, 2.24) is 9.55 Å². The molecule has 2 heterocycles. The van der Waals surface area contributed by atoms with Gasteiger partial charge >= 0.3 is 0 Å². The quantitative estimate of drug-likeness (QED) is 0.910. The molecule has 1 aromatic rings. The molecule has 1 fully saturated rings. The average Bonchev–Trinajstić information content (AvgIpc) is 2.30. The van der Waals surface area contributed by atoms with Gasteiger partial charge in [0.2, 0.25) is 0 Å². The van der Waals surface area contributed by atoms with E-state index in [9.17, 15) is 4.79 Å².